The van der Waals surface area contributed by atoms with Crippen LogP contribution in [0.5, 0.6) is 5.75 Å². The largest absolute Gasteiger partial charge is 0.489 e. The number of hydrogen-bond donors (Lipinski definition) is 2. The zero-order valence-corrected chi connectivity index (χ0v) is 19.3. The first-order chi connectivity index (χ1) is 16.1. The Morgan fingerprint density at radius 2 is 1.91 bits per heavy atom. The summed E-state index contributed by atoms with van der Waals surface area (Å²) in [6, 6.07) is 19.6. The number of rotatable bonds is 8. The highest BCUT2D eigenvalue weighted by Crippen LogP contribution is 2.26. The Labute approximate surface area is 195 Å². The molecule has 1 amide bonds. The summed E-state index contributed by atoms with van der Waals surface area (Å²) in [5.41, 5.74) is 1.60. The summed E-state index contributed by atoms with van der Waals surface area (Å²) in [7, 11) is 0. The molecule has 172 valence electrons. The van der Waals surface area contributed by atoms with Crippen LogP contribution in [0.1, 0.15) is 38.9 Å². The summed E-state index contributed by atoms with van der Waals surface area (Å²) in [5.74, 6) is 3.28. The van der Waals surface area contributed by atoms with Crippen molar-refractivity contribution in [3.8, 4) is 5.75 Å². The van der Waals surface area contributed by atoms with Crippen molar-refractivity contribution in [1.82, 2.24) is 9.97 Å². The van der Waals surface area contributed by atoms with Crippen LogP contribution in [0.4, 0.5) is 23.0 Å². The first-order valence-corrected chi connectivity index (χ1v) is 11.6. The first-order valence-electron chi connectivity index (χ1n) is 11.6. The summed E-state index contributed by atoms with van der Waals surface area (Å²) in [6.07, 6.45) is 3.98. The Bertz CT molecular complexity index is 1070. The Kier molecular flexibility index (Phi) is 7.40. The minimum atomic E-state index is -0.0981. The molecular weight excluding hydrogens is 414 g/mol. The second-order valence-electron chi connectivity index (χ2n) is 8.31. The van der Waals surface area contributed by atoms with E-state index in [0.29, 0.717) is 0 Å². The normalized spacial score (nSPS) is 15.7. The molecule has 1 aromatic heterocycles. The van der Waals surface area contributed by atoms with Gasteiger partial charge in [0.25, 0.3) is 0 Å². The van der Waals surface area contributed by atoms with Crippen LogP contribution in [0.25, 0.3) is 0 Å². The Morgan fingerprint density at radius 1 is 1.09 bits per heavy atom. The van der Waals surface area contributed by atoms with Crippen molar-refractivity contribution < 1.29 is 9.53 Å². The summed E-state index contributed by atoms with van der Waals surface area (Å²) in [6.45, 7) is 5.36. The van der Waals surface area contributed by atoms with E-state index in [4.69, 9.17) is 14.7 Å². The third-order valence-corrected chi connectivity index (χ3v) is 5.44. The molecule has 1 unspecified atom stereocenters. The van der Waals surface area contributed by atoms with E-state index in [1.807, 2.05) is 60.7 Å². The average Bonchev–Trinajstić information content (AvgIpc) is 2.80. The topological polar surface area (TPSA) is 79.4 Å². The molecule has 1 saturated heterocycles. The van der Waals surface area contributed by atoms with E-state index in [-0.39, 0.29) is 12.0 Å². The van der Waals surface area contributed by atoms with Gasteiger partial charge in [-0.3, -0.25) is 4.79 Å². The lowest BCUT2D eigenvalue weighted by Crippen LogP contribution is -2.41. The summed E-state index contributed by atoms with van der Waals surface area (Å²) >= 11 is 0. The van der Waals surface area contributed by atoms with Gasteiger partial charge in [0.15, 0.2) is 0 Å². The van der Waals surface area contributed by atoms with E-state index in [2.05, 4.69) is 22.5 Å². The van der Waals surface area contributed by atoms with Gasteiger partial charge in [-0.25, -0.2) is 9.97 Å². The highest BCUT2D eigenvalue weighted by atomic mass is 16.5. The SMILES string of the molecule is CCCc1nc(Nc2cccc(NC(C)=O)c2)cc(N2CCCC(Oc3ccccc3)C2)n1. The van der Waals surface area contributed by atoms with Crippen molar-refractivity contribution in [3.63, 3.8) is 0 Å². The molecule has 7 heteroatoms. The van der Waals surface area contributed by atoms with Gasteiger partial charge in [0.1, 0.15) is 29.3 Å². The Hall–Kier alpha value is -3.61. The molecule has 1 aliphatic heterocycles. The molecule has 2 aromatic carbocycles. The molecule has 0 spiro atoms. The Morgan fingerprint density at radius 3 is 2.70 bits per heavy atom. The van der Waals surface area contributed by atoms with Gasteiger partial charge in [-0.2, -0.15) is 0 Å². The summed E-state index contributed by atoms with van der Waals surface area (Å²) < 4.78 is 6.22. The van der Waals surface area contributed by atoms with E-state index in [1.54, 1.807) is 0 Å². The van der Waals surface area contributed by atoms with Gasteiger partial charge in [-0.1, -0.05) is 31.2 Å². The maximum atomic E-state index is 11.4. The van der Waals surface area contributed by atoms with Crippen molar-refractivity contribution in [3.05, 3.63) is 66.5 Å². The Balaban J connectivity index is 1.52. The zero-order valence-electron chi connectivity index (χ0n) is 19.3. The molecule has 33 heavy (non-hydrogen) atoms. The van der Waals surface area contributed by atoms with Gasteiger partial charge in [0.2, 0.25) is 5.91 Å². The maximum absolute atomic E-state index is 11.4. The minimum absolute atomic E-state index is 0.0981. The number of benzene rings is 2. The molecular formula is C26H31N5O2. The number of hydrogen-bond acceptors (Lipinski definition) is 6. The van der Waals surface area contributed by atoms with Crippen molar-refractivity contribution in [2.75, 3.05) is 28.6 Å². The molecule has 3 aromatic rings. The molecule has 2 N–H and O–H groups in total. The van der Waals surface area contributed by atoms with E-state index in [0.717, 1.165) is 73.4 Å². The lowest BCUT2D eigenvalue weighted by molar-refractivity contribution is -0.114. The third kappa shape index (κ3) is 6.44. The van der Waals surface area contributed by atoms with Crippen LogP contribution in [0.15, 0.2) is 60.7 Å². The van der Waals surface area contributed by atoms with E-state index < -0.39 is 0 Å². The number of carbonyl (C=O) groups is 1. The predicted octanol–water partition coefficient (Wildman–Crippen LogP) is 5.18. The maximum Gasteiger partial charge on any atom is 0.221 e. The number of ether oxygens (including phenoxy) is 1. The standard InChI is InChI=1S/C26H31N5O2/c1-3-9-24-29-25(28-21-11-7-10-20(16-21)27-19(2)32)17-26(30-24)31-15-8-14-23(18-31)33-22-12-5-4-6-13-22/h4-7,10-13,16-17,23H,3,8-9,14-15,18H2,1-2H3,(H,27,32)(H,28,29,30). The molecule has 0 bridgehead atoms. The van der Waals surface area contributed by atoms with E-state index >= 15 is 0 Å². The van der Waals surface area contributed by atoms with Crippen LogP contribution >= 0.6 is 0 Å². The fourth-order valence-electron chi connectivity index (χ4n) is 4.00. The molecule has 7 nitrogen and oxygen atoms in total. The van der Waals surface area contributed by atoms with Crippen molar-refractivity contribution in [1.29, 1.82) is 0 Å². The molecule has 0 aliphatic carbocycles. The van der Waals surface area contributed by atoms with Crippen LogP contribution in [0, 0.1) is 0 Å². The molecule has 2 heterocycles. The van der Waals surface area contributed by atoms with Crippen LogP contribution < -0.4 is 20.3 Å². The van der Waals surface area contributed by atoms with Crippen LogP contribution in [0.3, 0.4) is 0 Å². The summed E-state index contributed by atoms with van der Waals surface area (Å²) in [5, 5.41) is 6.20. The molecule has 1 atom stereocenters. The zero-order chi connectivity index (χ0) is 23.0. The number of aryl methyl sites for hydroxylation is 1. The van der Waals surface area contributed by atoms with Crippen molar-refractivity contribution in [2.24, 2.45) is 0 Å². The highest BCUT2D eigenvalue weighted by Gasteiger charge is 2.23. The lowest BCUT2D eigenvalue weighted by atomic mass is 10.1. The quantitative estimate of drug-likeness (QED) is 0.497. The number of carbonyl (C=O) groups excluding carboxylic acids is 1. The molecule has 0 saturated carbocycles. The third-order valence-electron chi connectivity index (χ3n) is 5.44. The predicted molar refractivity (Wildman–Crippen MR) is 132 cm³/mol. The number of nitrogens with one attached hydrogen (secondary N) is 2. The monoisotopic (exact) mass is 445 g/mol. The molecule has 1 fully saturated rings. The number of piperidine rings is 1. The van der Waals surface area contributed by atoms with Crippen molar-refractivity contribution >= 4 is 28.9 Å². The number of aromatic nitrogens is 2. The fraction of sp³-hybridized carbons (Fsp3) is 0.346. The van der Waals surface area contributed by atoms with Gasteiger partial charge in [0.05, 0.1) is 6.54 Å². The van der Waals surface area contributed by atoms with Crippen LogP contribution in [0.2, 0.25) is 0 Å². The van der Waals surface area contributed by atoms with Gasteiger partial charge in [-0.05, 0) is 49.6 Å². The van der Waals surface area contributed by atoms with Gasteiger partial charge >= 0.3 is 0 Å². The second-order valence-corrected chi connectivity index (χ2v) is 8.31. The van der Waals surface area contributed by atoms with Gasteiger partial charge in [0, 0.05) is 37.3 Å². The number of para-hydroxylation sites is 1. The highest BCUT2D eigenvalue weighted by molar-refractivity contribution is 5.89. The molecule has 0 radical (unpaired) electrons. The van der Waals surface area contributed by atoms with E-state index in [1.165, 1.54) is 6.92 Å². The fourth-order valence-corrected chi connectivity index (χ4v) is 4.00. The van der Waals surface area contributed by atoms with Crippen molar-refractivity contribution in [2.45, 2.75) is 45.6 Å². The van der Waals surface area contributed by atoms with Crippen LogP contribution in [-0.4, -0.2) is 35.1 Å². The number of anilines is 4. The van der Waals surface area contributed by atoms with E-state index in [9.17, 15) is 4.79 Å². The van der Waals surface area contributed by atoms with Crippen LogP contribution in [-0.2, 0) is 11.2 Å². The molecule has 4 rings (SSSR count). The van der Waals surface area contributed by atoms with Gasteiger partial charge in [-0.15, -0.1) is 0 Å². The lowest BCUT2D eigenvalue weighted by Gasteiger charge is -2.34. The summed E-state index contributed by atoms with van der Waals surface area (Å²) in [4.78, 5) is 23.3. The number of nitrogens with zero attached hydrogens (tertiary/aromatic N) is 3. The first kappa shape index (κ1) is 22.6. The average molecular weight is 446 g/mol. The van der Waals surface area contributed by atoms with Gasteiger partial charge < -0.3 is 20.3 Å². The second kappa shape index (κ2) is 10.8. The minimum Gasteiger partial charge on any atom is -0.489 e. The molecule has 1 aliphatic rings. The number of amides is 1. The smallest absolute Gasteiger partial charge is 0.221 e.